The van der Waals surface area contributed by atoms with Gasteiger partial charge in [-0.15, -0.1) is 0 Å². The molecule has 0 heterocycles. The Morgan fingerprint density at radius 1 is 0.545 bits per heavy atom. The van der Waals surface area contributed by atoms with E-state index in [9.17, 15) is 10.5 Å². The Balaban J connectivity index is -0.00000000533. The van der Waals surface area contributed by atoms with Crippen molar-refractivity contribution in [2.45, 2.75) is 0 Å². The molecule has 0 aromatic heterocycles. The quantitative estimate of drug-likeness (QED) is 0.417. The van der Waals surface area contributed by atoms with Crippen molar-refractivity contribution < 1.29 is 108 Å². The van der Waals surface area contributed by atoms with Crippen LogP contribution in [0.2, 0.25) is 0 Å². The predicted octanol–water partition coefficient (Wildman–Crippen LogP) is -1.63. The van der Waals surface area contributed by atoms with Crippen LogP contribution in [-0.4, -0.2) is 21.9 Å². The summed E-state index contributed by atoms with van der Waals surface area (Å²) in [6.45, 7) is 0. The second kappa shape index (κ2) is 22.8. The van der Waals surface area contributed by atoms with Crippen molar-refractivity contribution in [3.63, 3.8) is 0 Å². The van der Waals surface area contributed by atoms with E-state index in [0.29, 0.717) is 0 Å². The Morgan fingerprint density at radius 3 is 0.545 bits per heavy atom. The van der Waals surface area contributed by atoms with Crippen LogP contribution in [0.15, 0.2) is 0 Å². The molecule has 72 valence electrons. The van der Waals surface area contributed by atoms with E-state index >= 15 is 0 Å². The summed E-state index contributed by atoms with van der Waals surface area (Å²) >= 11 is -7.18. The molecule has 0 aliphatic carbocycles. The van der Waals surface area contributed by atoms with Gasteiger partial charge in [0.05, 0.1) is 0 Å². The first kappa shape index (κ1) is 51.1. The van der Waals surface area contributed by atoms with Gasteiger partial charge in [-0.2, -0.15) is 0 Å². The molecular formula is H8F4O4Zr3. The molecule has 0 saturated carbocycles. The zero-order valence-electron chi connectivity index (χ0n) is 5.01. The summed E-state index contributed by atoms with van der Waals surface area (Å²) in [5.74, 6) is 0. The molecule has 11 heavy (non-hydrogen) atoms. The van der Waals surface area contributed by atoms with Gasteiger partial charge < -0.3 is 21.9 Å². The molecule has 8 N–H and O–H groups in total. The van der Waals surface area contributed by atoms with E-state index in [-0.39, 0.29) is 74.3 Å². The van der Waals surface area contributed by atoms with Crippen molar-refractivity contribution in [1.82, 2.24) is 0 Å². The average molecular weight is 422 g/mol. The molecule has 0 aliphatic heterocycles. The molecule has 0 atom stereocenters. The second-order valence-electron chi connectivity index (χ2n) is 0.429. The SMILES string of the molecule is O.O.O.O.[F][Zr]([F])([F])[F].[Zr].[Zr]. The molecule has 0 rings (SSSR count). The minimum absolute atomic E-state index is 0. The molecule has 11 heteroatoms. The van der Waals surface area contributed by atoms with Crippen LogP contribution in [0.1, 0.15) is 0 Å². The molecule has 0 fully saturated rings. The van der Waals surface area contributed by atoms with Gasteiger partial charge in [0.1, 0.15) is 0 Å². The maximum atomic E-state index is 9.90. The standard InChI is InChI=1S/4FH.4H2O.3Zr/h4*1H;4*1H2;;;/q;;;;;;;;;;+4/p-4. The third-order valence-electron chi connectivity index (χ3n) is 0. The fourth-order valence-electron chi connectivity index (χ4n) is 0. The molecule has 0 bridgehead atoms. The number of hydrogen-bond acceptors (Lipinski definition) is 0. The fourth-order valence-corrected chi connectivity index (χ4v) is 0. The smallest absolute Gasteiger partial charge is 0 e. The average Bonchev–Trinajstić information content (AvgIpc) is 0.722. The van der Waals surface area contributed by atoms with Crippen LogP contribution in [0.3, 0.4) is 0 Å². The van der Waals surface area contributed by atoms with Crippen LogP contribution in [0, 0.1) is 0 Å². The van der Waals surface area contributed by atoms with E-state index in [1.165, 1.54) is 0 Å². The molecule has 0 saturated heterocycles. The second-order valence-corrected chi connectivity index (χ2v) is 2.54. The van der Waals surface area contributed by atoms with E-state index < -0.39 is 22.7 Å². The fraction of sp³-hybridized carbons (Fsp3) is 0. The van der Waals surface area contributed by atoms with Crippen molar-refractivity contribution in [2.75, 3.05) is 0 Å². The van der Waals surface area contributed by atoms with Gasteiger partial charge in [-0.3, -0.25) is 0 Å². The van der Waals surface area contributed by atoms with Crippen molar-refractivity contribution in [3.8, 4) is 0 Å². The summed E-state index contributed by atoms with van der Waals surface area (Å²) in [6.07, 6.45) is 0. The molecule has 4 nitrogen and oxygen atoms in total. The molecule has 0 amide bonds. The van der Waals surface area contributed by atoms with Crippen LogP contribution in [-0.2, 0) is 75.1 Å². The molecule has 0 aromatic carbocycles. The van der Waals surface area contributed by atoms with Crippen molar-refractivity contribution in [1.29, 1.82) is 0 Å². The Labute approximate surface area is 106 Å². The van der Waals surface area contributed by atoms with E-state index in [1.807, 2.05) is 0 Å². The first-order chi connectivity index (χ1) is 2.00. The van der Waals surface area contributed by atoms with Gasteiger partial charge in [-0.25, -0.2) is 0 Å². The van der Waals surface area contributed by atoms with Gasteiger partial charge in [0.15, 0.2) is 0 Å². The maximum Gasteiger partial charge on any atom is 0 e. The summed E-state index contributed by atoms with van der Waals surface area (Å²) < 4.78 is 39.6. The third-order valence-corrected chi connectivity index (χ3v) is 0. The van der Waals surface area contributed by atoms with Gasteiger partial charge in [-0.1, -0.05) is 0 Å². The van der Waals surface area contributed by atoms with Gasteiger partial charge in [-0.05, 0) is 0 Å². The minimum Gasteiger partial charge on any atom is 0 e. The summed E-state index contributed by atoms with van der Waals surface area (Å²) in [4.78, 5) is 0. The van der Waals surface area contributed by atoms with E-state index in [2.05, 4.69) is 0 Å². The summed E-state index contributed by atoms with van der Waals surface area (Å²) in [7, 11) is 0. The van der Waals surface area contributed by atoms with Gasteiger partial charge in [0.2, 0.25) is 0 Å². The number of halogens is 4. The first-order valence-corrected chi connectivity index (χ1v) is 4.47. The normalized spacial score (nSPS) is 5.45. The molecule has 0 aliphatic rings. The molecule has 0 unspecified atom stereocenters. The van der Waals surface area contributed by atoms with Crippen LogP contribution in [0.5, 0.6) is 0 Å². The van der Waals surface area contributed by atoms with E-state index in [1.54, 1.807) is 0 Å². The van der Waals surface area contributed by atoms with Gasteiger partial charge in [0.25, 0.3) is 0 Å². The maximum absolute atomic E-state index is 9.90. The van der Waals surface area contributed by atoms with Crippen LogP contribution >= 0.6 is 0 Å². The summed E-state index contributed by atoms with van der Waals surface area (Å²) in [6, 6.07) is 0. The molecular weight excluding hydrogens is 414 g/mol. The first-order valence-electron chi connectivity index (χ1n) is 0.756. The van der Waals surface area contributed by atoms with Crippen molar-refractivity contribution in [2.24, 2.45) is 0 Å². The van der Waals surface area contributed by atoms with Crippen molar-refractivity contribution >= 4 is 0 Å². The zero-order chi connectivity index (χ0) is 4.50. The van der Waals surface area contributed by atoms with Crippen LogP contribution < -0.4 is 0 Å². The van der Waals surface area contributed by atoms with E-state index in [0.717, 1.165) is 0 Å². The zero-order valence-corrected chi connectivity index (χ0v) is 12.4. The summed E-state index contributed by atoms with van der Waals surface area (Å²) in [5, 5.41) is 0. The summed E-state index contributed by atoms with van der Waals surface area (Å²) in [5.41, 5.74) is 0. The van der Waals surface area contributed by atoms with Crippen LogP contribution in [0.25, 0.3) is 0 Å². The molecule has 0 radical (unpaired) electrons. The van der Waals surface area contributed by atoms with E-state index in [4.69, 9.17) is 0 Å². The van der Waals surface area contributed by atoms with Gasteiger partial charge in [0, 0.05) is 52.4 Å². The largest absolute Gasteiger partial charge is 0 e. The Hall–Kier alpha value is 2.21. The van der Waals surface area contributed by atoms with Gasteiger partial charge >= 0.3 is 33.2 Å². The topological polar surface area (TPSA) is 126 Å². The Kier molecular flexibility index (Phi) is 106. The molecule has 0 aromatic rings. The monoisotopic (exact) mass is 418 g/mol. The third kappa shape index (κ3) is 261. The number of rotatable bonds is 0. The number of hydrogen-bond donors (Lipinski definition) is 0. The Morgan fingerprint density at radius 2 is 0.545 bits per heavy atom. The predicted molar refractivity (Wildman–Crippen MR) is 18.9 cm³/mol. The minimum atomic E-state index is -7.18. The molecule has 0 spiro atoms. The van der Waals surface area contributed by atoms with Crippen LogP contribution in [0.4, 0.5) is 10.5 Å². The van der Waals surface area contributed by atoms with Crippen molar-refractivity contribution in [3.05, 3.63) is 0 Å². The Bertz CT molecular complexity index is 32.8.